The Balaban J connectivity index is 2.90. The van der Waals surface area contributed by atoms with Crippen LogP contribution in [0.25, 0.3) is 0 Å². The molecule has 0 atom stereocenters. The van der Waals surface area contributed by atoms with E-state index in [9.17, 15) is 0 Å². The maximum absolute atomic E-state index is 8.22. The summed E-state index contributed by atoms with van der Waals surface area (Å²) in [5.74, 6) is 0. The van der Waals surface area contributed by atoms with E-state index in [2.05, 4.69) is 14.1 Å². The van der Waals surface area contributed by atoms with Crippen LogP contribution in [0.1, 0.15) is 5.69 Å². The maximum atomic E-state index is 8.22. The minimum atomic E-state index is 0.117. The minimum Gasteiger partial charge on any atom is -0.453 e. The number of nitriles is 1. The zero-order valence-electron chi connectivity index (χ0n) is 4.79. The summed E-state index contributed by atoms with van der Waals surface area (Å²) >= 11 is 0. The summed E-state index contributed by atoms with van der Waals surface area (Å²) < 4.78 is 9.22. The van der Waals surface area contributed by atoms with E-state index < -0.39 is 0 Å². The normalized spacial score (nSPS) is 8.44. The largest absolute Gasteiger partial charge is 0.453 e. The zero-order valence-corrected chi connectivity index (χ0v) is 4.79. The summed E-state index contributed by atoms with van der Waals surface area (Å²) in [5.41, 5.74) is 0.229. The van der Waals surface area contributed by atoms with Crippen molar-refractivity contribution in [2.75, 3.05) is 7.11 Å². The molecule has 0 bridgehead atoms. The average Bonchev–Trinajstić information content (AvgIpc) is 2.34. The lowest BCUT2D eigenvalue weighted by Gasteiger charge is -1.83. The van der Waals surface area contributed by atoms with Gasteiger partial charge in [0.25, 0.3) is 0 Å². The van der Waals surface area contributed by atoms with Gasteiger partial charge in [-0.3, -0.25) is 0 Å². The molecule has 0 aliphatic rings. The monoisotopic (exact) mass is 124 g/mol. The Morgan fingerprint density at radius 2 is 2.67 bits per heavy atom. The molecule has 1 rings (SSSR count). The summed E-state index contributed by atoms with van der Waals surface area (Å²) in [6.07, 6.45) is 1.35. The van der Waals surface area contributed by atoms with Gasteiger partial charge in [-0.1, -0.05) is 0 Å². The smallest absolute Gasteiger partial charge is 0.394 e. The molecule has 0 radical (unpaired) electrons. The van der Waals surface area contributed by atoms with Gasteiger partial charge in [0.2, 0.25) is 0 Å². The van der Waals surface area contributed by atoms with Crippen molar-refractivity contribution in [2.24, 2.45) is 0 Å². The summed E-state index contributed by atoms with van der Waals surface area (Å²) in [7, 11) is 1.42. The van der Waals surface area contributed by atoms with E-state index in [1.165, 1.54) is 13.4 Å². The Hall–Kier alpha value is -1.50. The SMILES string of the molecule is COc1nc(C#N)co1. The van der Waals surface area contributed by atoms with Gasteiger partial charge >= 0.3 is 6.08 Å². The third-order valence-corrected chi connectivity index (χ3v) is 0.772. The van der Waals surface area contributed by atoms with E-state index in [0.29, 0.717) is 0 Å². The van der Waals surface area contributed by atoms with Crippen molar-refractivity contribution in [2.45, 2.75) is 0 Å². The molecule has 46 valence electrons. The second-order valence-corrected chi connectivity index (χ2v) is 1.31. The van der Waals surface area contributed by atoms with Crippen LogP contribution in [0.3, 0.4) is 0 Å². The number of oxazole rings is 1. The van der Waals surface area contributed by atoms with Crippen LogP contribution in [0.2, 0.25) is 0 Å². The van der Waals surface area contributed by atoms with Gasteiger partial charge in [0.1, 0.15) is 12.3 Å². The molecule has 4 nitrogen and oxygen atoms in total. The van der Waals surface area contributed by atoms with Crippen LogP contribution >= 0.6 is 0 Å². The van der Waals surface area contributed by atoms with Gasteiger partial charge in [-0.15, -0.1) is 0 Å². The fourth-order valence-electron chi connectivity index (χ4n) is 0.402. The van der Waals surface area contributed by atoms with Crippen molar-refractivity contribution in [3.8, 4) is 12.1 Å². The molecule has 0 aliphatic carbocycles. The maximum Gasteiger partial charge on any atom is 0.394 e. The number of methoxy groups -OCH3 is 1. The molecule has 0 aliphatic heterocycles. The lowest BCUT2D eigenvalue weighted by Crippen LogP contribution is -1.80. The fraction of sp³-hybridized carbons (Fsp3) is 0.200. The highest BCUT2D eigenvalue weighted by atomic mass is 16.6. The number of nitrogens with zero attached hydrogens (tertiary/aromatic N) is 2. The van der Waals surface area contributed by atoms with Crippen molar-refractivity contribution in [3.05, 3.63) is 12.0 Å². The van der Waals surface area contributed by atoms with Crippen molar-refractivity contribution < 1.29 is 9.15 Å². The lowest BCUT2D eigenvalue weighted by molar-refractivity contribution is 0.290. The van der Waals surface area contributed by atoms with Crippen LogP contribution in [0.5, 0.6) is 6.08 Å². The van der Waals surface area contributed by atoms with Gasteiger partial charge in [-0.25, -0.2) is 0 Å². The molecule has 1 aromatic rings. The van der Waals surface area contributed by atoms with Crippen molar-refractivity contribution >= 4 is 0 Å². The van der Waals surface area contributed by atoms with E-state index in [0.717, 1.165) is 0 Å². The topological polar surface area (TPSA) is 59.0 Å². The van der Waals surface area contributed by atoms with Gasteiger partial charge < -0.3 is 9.15 Å². The Labute approximate surface area is 51.7 Å². The second-order valence-electron chi connectivity index (χ2n) is 1.31. The summed E-state index contributed by atoms with van der Waals surface area (Å²) in [6.45, 7) is 0. The van der Waals surface area contributed by atoms with Crippen LogP contribution in [0.15, 0.2) is 10.7 Å². The van der Waals surface area contributed by atoms with E-state index in [-0.39, 0.29) is 11.8 Å². The average molecular weight is 124 g/mol. The third kappa shape index (κ3) is 0.995. The first-order valence-corrected chi connectivity index (χ1v) is 2.26. The molecule has 0 saturated carbocycles. The van der Waals surface area contributed by atoms with Gasteiger partial charge in [-0.2, -0.15) is 10.2 Å². The van der Waals surface area contributed by atoms with Crippen molar-refractivity contribution in [1.82, 2.24) is 4.98 Å². The predicted octanol–water partition coefficient (Wildman–Crippen LogP) is 0.555. The van der Waals surface area contributed by atoms with Crippen LogP contribution in [0.4, 0.5) is 0 Å². The van der Waals surface area contributed by atoms with E-state index in [4.69, 9.17) is 5.26 Å². The second kappa shape index (κ2) is 2.18. The highest BCUT2D eigenvalue weighted by molar-refractivity contribution is 5.16. The van der Waals surface area contributed by atoms with Gasteiger partial charge in [0.05, 0.1) is 7.11 Å². The molecular weight excluding hydrogens is 120 g/mol. The quantitative estimate of drug-likeness (QED) is 0.548. The number of hydrogen-bond acceptors (Lipinski definition) is 4. The molecule has 0 saturated heterocycles. The van der Waals surface area contributed by atoms with Crippen LogP contribution < -0.4 is 4.74 Å². The van der Waals surface area contributed by atoms with Crippen LogP contribution in [-0.2, 0) is 0 Å². The first kappa shape index (κ1) is 5.63. The number of ether oxygens (including phenoxy) is 1. The molecule has 0 unspecified atom stereocenters. The van der Waals surface area contributed by atoms with E-state index in [1.807, 2.05) is 0 Å². The Morgan fingerprint density at radius 3 is 3.00 bits per heavy atom. The number of rotatable bonds is 1. The molecule has 0 fully saturated rings. The van der Waals surface area contributed by atoms with E-state index in [1.54, 1.807) is 6.07 Å². The fourth-order valence-corrected chi connectivity index (χ4v) is 0.402. The first-order chi connectivity index (χ1) is 4.36. The molecule has 0 N–H and O–H groups in total. The molecule has 0 aromatic carbocycles. The number of hydrogen-bond donors (Lipinski definition) is 0. The molecule has 4 heteroatoms. The van der Waals surface area contributed by atoms with Crippen molar-refractivity contribution in [1.29, 1.82) is 5.26 Å². The molecule has 1 aromatic heterocycles. The molecular formula is C5H4N2O2. The summed E-state index contributed by atoms with van der Waals surface area (Å²) in [6, 6.07) is 1.80. The summed E-state index contributed by atoms with van der Waals surface area (Å²) in [5, 5.41) is 8.22. The predicted molar refractivity (Wildman–Crippen MR) is 27.8 cm³/mol. The summed E-state index contributed by atoms with van der Waals surface area (Å²) in [4.78, 5) is 3.60. The highest BCUT2D eigenvalue weighted by Gasteiger charge is 1.99. The molecule has 9 heavy (non-hydrogen) atoms. The van der Waals surface area contributed by atoms with Gasteiger partial charge in [0.15, 0.2) is 5.69 Å². The zero-order chi connectivity index (χ0) is 6.69. The van der Waals surface area contributed by atoms with Gasteiger partial charge in [0, 0.05) is 0 Å². The standard InChI is InChI=1S/C5H4N2O2/c1-8-5-7-4(2-6)3-9-5/h3H,1H3. The molecule has 0 spiro atoms. The van der Waals surface area contributed by atoms with Crippen LogP contribution in [-0.4, -0.2) is 12.1 Å². The lowest BCUT2D eigenvalue weighted by atomic mass is 10.6. The van der Waals surface area contributed by atoms with E-state index >= 15 is 0 Å². The molecule has 0 amide bonds. The molecule has 1 heterocycles. The minimum absolute atomic E-state index is 0.117. The Bertz CT molecular complexity index is 235. The first-order valence-electron chi connectivity index (χ1n) is 2.26. The third-order valence-electron chi connectivity index (χ3n) is 0.772. The van der Waals surface area contributed by atoms with Gasteiger partial charge in [-0.05, 0) is 0 Å². The van der Waals surface area contributed by atoms with Crippen LogP contribution in [0, 0.1) is 11.3 Å². The Kier molecular flexibility index (Phi) is 1.36. The van der Waals surface area contributed by atoms with Crippen molar-refractivity contribution in [3.63, 3.8) is 0 Å². The number of aromatic nitrogens is 1. The highest BCUT2D eigenvalue weighted by Crippen LogP contribution is 2.06. The Morgan fingerprint density at radius 1 is 1.89 bits per heavy atom.